The smallest absolute Gasteiger partial charge is 0.351 e. The van der Waals surface area contributed by atoms with Crippen LogP contribution in [-0.4, -0.2) is 84.5 Å². The van der Waals surface area contributed by atoms with E-state index in [-0.39, 0.29) is 49.5 Å². The minimum absolute atomic E-state index is 0.154. The SMILES string of the molecule is [C-]#[N+]CCOP(OC[C@H]1O[C@@H](n2cc(C)c(NC(=O)c3ccccc3)nc2=O)[C@H](OCCOC)[C@@H]1C)N(C(C)C)C(C)C. The van der Waals surface area contributed by atoms with Crippen molar-refractivity contribution in [2.45, 2.75) is 72.1 Å². The van der Waals surface area contributed by atoms with Gasteiger partial charge in [-0.05, 0) is 46.8 Å². The van der Waals surface area contributed by atoms with Crippen LogP contribution in [0.15, 0.2) is 41.3 Å². The fourth-order valence-electron chi connectivity index (χ4n) is 4.86. The van der Waals surface area contributed by atoms with E-state index in [1.807, 2.05) is 13.0 Å². The molecule has 1 N–H and O–H groups in total. The number of hydrogen-bond acceptors (Lipinski definition) is 9. The molecule has 1 aliphatic rings. The summed E-state index contributed by atoms with van der Waals surface area (Å²) in [6.45, 7) is 20.6. The molecule has 1 unspecified atom stereocenters. The van der Waals surface area contributed by atoms with Crippen molar-refractivity contribution in [2.75, 3.05) is 45.4 Å². The van der Waals surface area contributed by atoms with Gasteiger partial charge in [-0.1, -0.05) is 25.1 Å². The van der Waals surface area contributed by atoms with Crippen LogP contribution >= 0.6 is 8.53 Å². The lowest BCUT2D eigenvalue weighted by atomic mass is 10.0. The standard InChI is InChI=1S/C30H44N5O7P/c1-20(2)35(21(3)4)43(40-15-14-31-7)41-19-25-23(6)26(39-17-16-38-8)29(42-25)34-18-22(5)27(33-30(34)37)32-28(36)24-12-10-9-11-13-24/h9-13,18,20-21,23,25-26,29H,14-17,19H2,1-6,8H3,(H,32,33,36,37)/t23-,25-,26-,29-,43?/m1/s1. The van der Waals surface area contributed by atoms with E-state index in [0.717, 1.165) is 0 Å². The molecular weight excluding hydrogens is 573 g/mol. The van der Waals surface area contributed by atoms with Crippen LogP contribution in [0.1, 0.15) is 56.8 Å². The molecule has 5 atom stereocenters. The number of anilines is 1. The van der Waals surface area contributed by atoms with Gasteiger partial charge in [-0.15, -0.1) is 0 Å². The number of aromatic nitrogens is 2. The Morgan fingerprint density at radius 2 is 1.86 bits per heavy atom. The van der Waals surface area contributed by atoms with Crippen LogP contribution in [0, 0.1) is 19.4 Å². The molecule has 2 heterocycles. The molecule has 0 radical (unpaired) electrons. The lowest BCUT2D eigenvalue weighted by Gasteiger charge is -2.36. The highest BCUT2D eigenvalue weighted by Crippen LogP contribution is 2.47. The summed E-state index contributed by atoms with van der Waals surface area (Å²) in [6, 6.07) is 9.05. The highest BCUT2D eigenvalue weighted by molar-refractivity contribution is 7.44. The Hall–Kier alpha value is -2.75. The first kappa shape index (κ1) is 34.7. The number of carbonyl (C=O) groups excluding carboxylic acids is 1. The molecule has 1 aliphatic heterocycles. The molecule has 0 bridgehead atoms. The van der Waals surface area contributed by atoms with Gasteiger partial charge in [0.05, 0.1) is 25.9 Å². The molecule has 1 saturated heterocycles. The highest BCUT2D eigenvalue weighted by atomic mass is 31.2. The van der Waals surface area contributed by atoms with Crippen molar-refractivity contribution in [2.24, 2.45) is 5.92 Å². The Labute approximate surface area is 255 Å². The number of carbonyl (C=O) groups is 1. The second kappa shape index (κ2) is 16.9. The summed E-state index contributed by atoms with van der Waals surface area (Å²) >= 11 is 0. The lowest BCUT2D eigenvalue weighted by Crippen LogP contribution is -2.36. The number of aryl methyl sites for hydroxylation is 1. The van der Waals surface area contributed by atoms with Crippen LogP contribution in [0.2, 0.25) is 0 Å². The van der Waals surface area contributed by atoms with Crippen LogP contribution in [0.25, 0.3) is 4.85 Å². The number of rotatable bonds is 16. The van der Waals surface area contributed by atoms with Crippen molar-refractivity contribution in [1.82, 2.24) is 14.2 Å². The van der Waals surface area contributed by atoms with Crippen molar-refractivity contribution >= 4 is 20.3 Å². The van der Waals surface area contributed by atoms with Crippen molar-refractivity contribution in [3.8, 4) is 0 Å². The molecule has 1 amide bonds. The van der Waals surface area contributed by atoms with Crippen LogP contribution in [0.4, 0.5) is 5.82 Å². The first-order valence-corrected chi connectivity index (χ1v) is 15.6. The minimum atomic E-state index is -1.46. The zero-order valence-corrected chi connectivity index (χ0v) is 27.0. The van der Waals surface area contributed by atoms with E-state index in [1.54, 1.807) is 44.5 Å². The number of benzene rings is 1. The van der Waals surface area contributed by atoms with Gasteiger partial charge in [0.1, 0.15) is 18.5 Å². The predicted molar refractivity (Wildman–Crippen MR) is 165 cm³/mol. The van der Waals surface area contributed by atoms with E-state index in [9.17, 15) is 9.59 Å². The van der Waals surface area contributed by atoms with Gasteiger partial charge in [0.2, 0.25) is 6.54 Å². The maximum absolute atomic E-state index is 13.3. The second-order valence-electron chi connectivity index (χ2n) is 10.9. The van der Waals surface area contributed by atoms with Gasteiger partial charge in [0, 0.05) is 42.4 Å². The topological polar surface area (TPSA) is 118 Å². The number of ether oxygens (including phenoxy) is 3. The van der Waals surface area contributed by atoms with E-state index in [2.05, 4.69) is 47.5 Å². The molecule has 0 spiro atoms. The average Bonchev–Trinajstić information content (AvgIpc) is 3.28. The van der Waals surface area contributed by atoms with Crippen LogP contribution in [-0.2, 0) is 23.3 Å². The third-order valence-electron chi connectivity index (χ3n) is 6.98. The molecule has 1 fully saturated rings. The average molecular weight is 618 g/mol. The summed E-state index contributed by atoms with van der Waals surface area (Å²) in [5.41, 5.74) is 0.474. The van der Waals surface area contributed by atoms with E-state index < -0.39 is 32.7 Å². The number of nitrogens with zero attached hydrogens (tertiary/aromatic N) is 4. The van der Waals surface area contributed by atoms with Crippen LogP contribution < -0.4 is 11.0 Å². The molecular formula is C30H44N5O7P. The van der Waals surface area contributed by atoms with Crippen molar-refractivity contribution in [3.05, 3.63) is 69.6 Å². The number of methoxy groups -OCH3 is 1. The molecule has 2 aromatic rings. The number of nitrogens with one attached hydrogen (secondary N) is 1. The Bertz CT molecular complexity index is 1260. The van der Waals surface area contributed by atoms with Crippen LogP contribution in [0.5, 0.6) is 0 Å². The Balaban J connectivity index is 1.83. The van der Waals surface area contributed by atoms with Crippen molar-refractivity contribution < 1.29 is 28.1 Å². The summed E-state index contributed by atoms with van der Waals surface area (Å²) in [5.74, 6) is -0.329. The molecule has 236 valence electrons. The highest BCUT2D eigenvalue weighted by Gasteiger charge is 2.45. The van der Waals surface area contributed by atoms with Gasteiger partial charge in [-0.2, -0.15) is 4.98 Å². The molecule has 0 aliphatic carbocycles. The maximum Gasteiger partial charge on any atom is 0.351 e. The van der Waals surface area contributed by atoms with E-state index in [1.165, 1.54) is 4.57 Å². The first-order chi connectivity index (χ1) is 20.6. The monoisotopic (exact) mass is 617 g/mol. The normalized spacial score (nSPS) is 21.0. The molecule has 1 aromatic heterocycles. The fourth-order valence-corrected chi connectivity index (χ4v) is 6.47. The quantitative estimate of drug-likeness (QED) is 0.163. The summed E-state index contributed by atoms with van der Waals surface area (Å²) in [7, 11) is 0.133. The fraction of sp³-hybridized carbons (Fsp3) is 0.600. The number of hydrogen-bond donors (Lipinski definition) is 1. The molecule has 13 heteroatoms. The Kier molecular flexibility index (Phi) is 13.7. The van der Waals surface area contributed by atoms with Gasteiger partial charge in [0.15, 0.2) is 6.23 Å². The maximum atomic E-state index is 13.3. The Morgan fingerprint density at radius 3 is 2.49 bits per heavy atom. The van der Waals surface area contributed by atoms with Gasteiger partial charge >= 0.3 is 5.69 Å². The first-order valence-electron chi connectivity index (χ1n) is 14.5. The van der Waals surface area contributed by atoms with Crippen molar-refractivity contribution in [3.63, 3.8) is 0 Å². The lowest BCUT2D eigenvalue weighted by molar-refractivity contribution is -0.0785. The van der Waals surface area contributed by atoms with Crippen LogP contribution in [0.3, 0.4) is 0 Å². The van der Waals surface area contributed by atoms with E-state index in [0.29, 0.717) is 24.3 Å². The van der Waals surface area contributed by atoms with Gasteiger partial charge in [-0.25, -0.2) is 16.0 Å². The molecule has 1 aromatic carbocycles. The minimum Gasteiger partial charge on any atom is -0.382 e. The van der Waals surface area contributed by atoms with E-state index >= 15 is 0 Å². The summed E-state index contributed by atoms with van der Waals surface area (Å²) in [6.07, 6.45) is -0.0625. The zero-order valence-electron chi connectivity index (χ0n) is 26.1. The molecule has 43 heavy (non-hydrogen) atoms. The summed E-state index contributed by atoms with van der Waals surface area (Å²) < 4.78 is 33.8. The molecule has 3 rings (SSSR count). The number of amides is 1. The molecule has 0 saturated carbocycles. The third-order valence-corrected chi connectivity index (χ3v) is 9.05. The largest absolute Gasteiger partial charge is 0.382 e. The Morgan fingerprint density at radius 1 is 1.16 bits per heavy atom. The van der Waals surface area contributed by atoms with Gasteiger partial charge in [-0.3, -0.25) is 9.36 Å². The van der Waals surface area contributed by atoms with Gasteiger partial charge < -0.3 is 33.4 Å². The molecule has 12 nitrogen and oxygen atoms in total. The summed E-state index contributed by atoms with van der Waals surface area (Å²) in [5, 5.41) is 2.73. The van der Waals surface area contributed by atoms with Crippen molar-refractivity contribution in [1.29, 1.82) is 0 Å². The van der Waals surface area contributed by atoms with E-state index in [4.69, 9.17) is 29.8 Å². The van der Waals surface area contributed by atoms with Gasteiger partial charge in [0.25, 0.3) is 14.4 Å². The summed E-state index contributed by atoms with van der Waals surface area (Å²) in [4.78, 5) is 33.6. The third kappa shape index (κ3) is 9.37. The predicted octanol–water partition coefficient (Wildman–Crippen LogP) is 4.67. The second-order valence-corrected chi connectivity index (χ2v) is 12.3. The zero-order chi connectivity index (χ0) is 31.5.